The smallest absolute Gasteiger partial charge is 0.322 e. The number of halogens is 1. The Kier molecular flexibility index (Phi) is 4.01. The van der Waals surface area contributed by atoms with Gasteiger partial charge in [0, 0.05) is 10.7 Å². The van der Waals surface area contributed by atoms with Crippen LogP contribution >= 0.6 is 11.6 Å². The number of imide groups is 1. The molecule has 4 rings (SSSR count). The van der Waals surface area contributed by atoms with Crippen molar-refractivity contribution in [3.8, 4) is 5.69 Å². The van der Waals surface area contributed by atoms with Crippen LogP contribution in [0.15, 0.2) is 54.6 Å². The number of aryl methyl sites for hydroxylation is 1. The van der Waals surface area contributed by atoms with E-state index in [2.05, 4.69) is 5.10 Å². The average molecular weight is 382 g/mol. The minimum Gasteiger partial charge on any atom is -0.322 e. The summed E-state index contributed by atoms with van der Waals surface area (Å²) in [7, 11) is 0. The molecule has 0 unspecified atom stereocenters. The van der Waals surface area contributed by atoms with Crippen molar-refractivity contribution in [2.24, 2.45) is 0 Å². The molecule has 0 atom stereocenters. The van der Waals surface area contributed by atoms with Gasteiger partial charge in [0.15, 0.2) is 5.69 Å². The van der Waals surface area contributed by atoms with Crippen molar-refractivity contribution in [2.45, 2.75) is 6.92 Å². The van der Waals surface area contributed by atoms with E-state index in [1.165, 1.54) is 22.9 Å². The van der Waals surface area contributed by atoms with Crippen LogP contribution in [-0.2, 0) is 4.84 Å². The molecular formula is C19H12ClN3O4. The summed E-state index contributed by atoms with van der Waals surface area (Å²) >= 11 is 5.99. The van der Waals surface area contributed by atoms with Gasteiger partial charge in [-0.1, -0.05) is 34.9 Å². The van der Waals surface area contributed by atoms with E-state index >= 15 is 0 Å². The van der Waals surface area contributed by atoms with Crippen LogP contribution in [-0.4, -0.2) is 32.6 Å². The zero-order chi connectivity index (χ0) is 19.1. The van der Waals surface area contributed by atoms with Crippen molar-refractivity contribution in [1.82, 2.24) is 14.8 Å². The number of benzene rings is 2. The molecule has 1 aliphatic rings. The number of carbonyl (C=O) groups excluding carboxylic acids is 3. The summed E-state index contributed by atoms with van der Waals surface area (Å²) in [5.74, 6) is -2.28. The maximum Gasteiger partial charge on any atom is 0.384 e. The van der Waals surface area contributed by atoms with Crippen molar-refractivity contribution in [3.63, 3.8) is 0 Å². The maximum absolute atomic E-state index is 12.4. The molecule has 3 aromatic rings. The minimum absolute atomic E-state index is 0.0379. The van der Waals surface area contributed by atoms with Gasteiger partial charge in [0.1, 0.15) is 0 Å². The van der Waals surface area contributed by atoms with Gasteiger partial charge in [0.25, 0.3) is 11.8 Å². The molecule has 0 aliphatic carbocycles. The summed E-state index contributed by atoms with van der Waals surface area (Å²) in [6.07, 6.45) is 0. The Morgan fingerprint density at radius 1 is 1.00 bits per heavy atom. The van der Waals surface area contributed by atoms with E-state index in [0.717, 1.165) is 0 Å². The van der Waals surface area contributed by atoms with Crippen molar-refractivity contribution in [2.75, 3.05) is 0 Å². The van der Waals surface area contributed by atoms with Crippen LogP contribution in [0, 0.1) is 6.92 Å². The summed E-state index contributed by atoms with van der Waals surface area (Å²) in [6, 6.07) is 14.7. The molecule has 0 fully saturated rings. The van der Waals surface area contributed by atoms with Gasteiger partial charge in [0.05, 0.1) is 16.8 Å². The highest BCUT2D eigenvalue weighted by atomic mass is 35.5. The number of hydroxylamine groups is 2. The minimum atomic E-state index is -0.909. The summed E-state index contributed by atoms with van der Waals surface area (Å²) in [5, 5.41) is 5.18. The van der Waals surface area contributed by atoms with Crippen LogP contribution in [0.25, 0.3) is 5.69 Å². The largest absolute Gasteiger partial charge is 0.384 e. The van der Waals surface area contributed by atoms with Gasteiger partial charge in [0.2, 0.25) is 0 Å². The Hall–Kier alpha value is -3.45. The average Bonchev–Trinajstić information content (AvgIpc) is 3.16. The zero-order valence-electron chi connectivity index (χ0n) is 14.0. The normalized spacial score (nSPS) is 13.0. The zero-order valence-corrected chi connectivity index (χ0v) is 14.8. The fraction of sp³-hybridized carbons (Fsp3) is 0.0526. The highest BCUT2D eigenvalue weighted by Crippen LogP contribution is 2.23. The summed E-state index contributed by atoms with van der Waals surface area (Å²) < 4.78 is 1.52. The third kappa shape index (κ3) is 2.88. The first-order valence-electron chi connectivity index (χ1n) is 7.98. The molecule has 134 valence electrons. The van der Waals surface area contributed by atoms with Crippen LogP contribution in [0.2, 0.25) is 5.02 Å². The van der Waals surface area contributed by atoms with Gasteiger partial charge in [-0.2, -0.15) is 5.10 Å². The van der Waals surface area contributed by atoms with Crippen LogP contribution in [0.1, 0.15) is 36.9 Å². The van der Waals surface area contributed by atoms with Crippen LogP contribution in [0.4, 0.5) is 0 Å². The SMILES string of the molecule is Cc1cc(C(=O)ON2C(=O)c3ccccc3C2=O)nn1-c1cccc(Cl)c1. The fourth-order valence-corrected chi connectivity index (χ4v) is 3.01. The van der Waals surface area contributed by atoms with Crippen molar-refractivity contribution in [3.05, 3.63) is 82.1 Å². The standard InChI is InChI=1S/C19H12ClN3O4/c1-11-9-16(21-22(11)13-6-4-5-12(20)10-13)19(26)27-23-17(24)14-7-2-3-8-15(14)18(23)25/h2-10H,1H3. The number of hydrogen-bond donors (Lipinski definition) is 0. The van der Waals surface area contributed by atoms with Gasteiger partial charge in [-0.25, -0.2) is 9.48 Å². The molecule has 0 spiro atoms. The Bertz CT molecular complexity index is 1070. The lowest BCUT2D eigenvalue weighted by Gasteiger charge is -2.11. The van der Waals surface area contributed by atoms with Crippen LogP contribution in [0.3, 0.4) is 0 Å². The molecule has 0 radical (unpaired) electrons. The number of aromatic nitrogens is 2. The molecule has 2 heterocycles. The number of nitrogens with zero attached hydrogens (tertiary/aromatic N) is 3. The van der Waals surface area contributed by atoms with Gasteiger partial charge in [-0.3, -0.25) is 9.59 Å². The third-order valence-corrected chi connectivity index (χ3v) is 4.32. The number of carbonyl (C=O) groups is 3. The number of hydrogen-bond acceptors (Lipinski definition) is 5. The molecule has 0 saturated carbocycles. The van der Waals surface area contributed by atoms with E-state index in [1.807, 2.05) is 0 Å². The summed E-state index contributed by atoms with van der Waals surface area (Å²) in [6.45, 7) is 1.76. The van der Waals surface area contributed by atoms with Crippen molar-refractivity contribution < 1.29 is 19.2 Å². The van der Waals surface area contributed by atoms with E-state index in [0.29, 0.717) is 21.5 Å². The second-order valence-corrected chi connectivity index (χ2v) is 6.33. The van der Waals surface area contributed by atoms with E-state index in [4.69, 9.17) is 16.4 Å². The Morgan fingerprint density at radius 3 is 2.30 bits per heavy atom. The van der Waals surface area contributed by atoms with Crippen molar-refractivity contribution >= 4 is 29.4 Å². The Balaban J connectivity index is 1.59. The molecular weight excluding hydrogens is 370 g/mol. The Morgan fingerprint density at radius 2 is 1.67 bits per heavy atom. The van der Waals surface area contributed by atoms with E-state index in [1.54, 1.807) is 43.3 Å². The van der Waals surface area contributed by atoms with Gasteiger partial charge >= 0.3 is 5.97 Å². The topological polar surface area (TPSA) is 81.5 Å². The quantitative estimate of drug-likeness (QED) is 0.651. The predicted octanol–water partition coefficient (Wildman–Crippen LogP) is 3.20. The second-order valence-electron chi connectivity index (χ2n) is 5.89. The number of amides is 2. The summed E-state index contributed by atoms with van der Waals surface area (Å²) in [4.78, 5) is 42.0. The van der Waals surface area contributed by atoms with E-state index in [-0.39, 0.29) is 16.8 Å². The molecule has 2 amide bonds. The third-order valence-electron chi connectivity index (χ3n) is 4.08. The van der Waals surface area contributed by atoms with Crippen LogP contribution < -0.4 is 0 Å². The molecule has 0 saturated heterocycles. The molecule has 1 aliphatic heterocycles. The van der Waals surface area contributed by atoms with E-state index in [9.17, 15) is 14.4 Å². The van der Waals surface area contributed by atoms with Gasteiger partial charge in [-0.15, -0.1) is 0 Å². The number of rotatable bonds is 3. The molecule has 1 aromatic heterocycles. The molecule has 2 aromatic carbocycles. The molecule has 8 heteroatoms. The lowest BCUT2D eigenvalue weighted by molar-refractivity contribution is -0.0588. The highest BCUT2D eigenvalue weighted by Gasteiger charge is 2.39. The van der Waals surface area contributed by atoms with Crippen molar-refractivity contribution in [1.29, 1.82) is 0 Å². The Labute approximate surface area is 158 Å². The fourth-order valence-electron chi connectivity index (χ4n) is 2.82. The highest BCUT2D eigenvalue weighted by molar-refractivity contribution is 6.30. The first-order valence-corrected chi connectivity index (χ1v) is 8.36. The first-order chi connectivity index (χ1) is 13.0. The lowest BCUT2D eigenvalue weighted by atomic mass is 10.1. The van der Waals surface area contributed by atoms with Crippen LogP contribution in [0.5, 0.6) is 0 Å². The molecule has 7 nitrogen and oxygen atoms in total. The van der Waals surface area contributed by atoms with E-state index < -0.39 is 17.8 Å². The second kappa shape index (κ2) is 6.37. The molecule has 27 heavy (non-hydrogen) atoms. The predicted molar refractivity (Wildman–Crippen MR) is 95.7 cm³/mol. The molecule has 0 bridgehead atoms. The van der Waals surface area contributed by atoms with Gasteiger partial charge < -0.3 is 4.84 Å². The molecule has 0 N–H and O–H groups in total. The van der Waals surface area contributed by atoms with Gasteiger partial charge in [-0.05, 0) is 43.3 Å². The summed E-state index contributed by atoms with van der Waals surface area (Å²) in [5.41, 5.74) is 1.67. The lowest BCUT2D eigenvalue weighted by Crippen LogP contribution is -2.32. The first kappa shape index (κ1) is 17.0. The number of fused-ring (bicyclic) bond motifs is 1. The maximum atomic E-state index is 12.4. The monoisotopic (exact) mass is 381 g/mol.